The molecule has 1 heterocycles. The molecule has 1 aliphatic heterocycles. The van der Waals surface area contributed by atoms with Gasteiger partial charge in [0.05, 0.1) is 0 Å². The fraction of sp³-hybridized carbons (Fsp3) is 0.533. The summed E-state index contributed by atoms with van der Waals surface area (Å²) in [6, 6.07) is 8.39. The van der Waals surface area contributed by atoms with Gasteiger partial charge in [-0.25, -0.2) is 0 Å². The highest BCUT2D eigenvalue weighted by Crippen LogP contribution is 2.48. The third-order valence-electron chi connectivity index (χ3n) is 4.40. The van der Waals surface area contributed by atoms with E-state index in [4.69, 9.17) is 5.73 Å². The van der Waals surface area contributed by atoms with Crippen molar-refractivity contribution in [2.24, 2.45) is 17.6 Å². The Morgan fingerprint density at radius 3 is 2.61 bits per heavy atom. The van der Waals surface area contributed by atoms with Gasteiger partial charge in [0.1, 0.15) is 0 Å². The molecule has 1 aliphatic carbocycles. The average molecular weight is 244 g/mol. The van der Waals surface area contributed by atoms with Crippen LogP contribution < -0.4 is 10.6 Å². The Morgan fingerprint density at radius 2 is 2.00 bits per heavy atom. The SMILES string of the molecule is CC(=O)N1c2ccccc2[C@@H](N)[C@H](C)[C@@H]1C1CC1. The van der Waals surface area contributed by atoms with Crippen LogP contribution in [0.5, 0.6) is 0 Å². The van der Waals surface area contributed by atoms with Crippen molar-refractivity contribution in [1.82, 2.24) is 0 Å². The van der Waals surface area contributed by atoms with Crippen LogP contribution in [0.3, 0.4) is 0 Å². The minimum Gasteiger partial charge on any atom is -0.324 e. The first kappa shape index (κ1) is 11.7. The van der Waals surface area contributed by atoms with Crippen LogP contribution in [0.25, 0.3) is 0 Å². The molecule has 2 aliphatic rings. The molecule has 3 heteroatoms. The molecular weight excluding hydrogens is 224 g/mol. The highest BCUT2D eigenvalue weighted by Gasteiger charge is 2.46. The van der Waals surface area contributed by atoms with Crippen LogP contribution >= 0.6 is 0 Å². The molecule has 0 unspecified atom stereocenters. The second kappa shape index (κ2) is 4.09. The first-order chi connectivity index (χ1) is 8.61. The lowest BCUT2D eigenvalue weighted by molar-refractivity contribution is -0.117. The van der Waals surface area contributed by atoms with E-state index in [0.29, 0.717) is 11.8 Å². The summed E-state index contributed by atoms with van der Waals surface area (Å²) < 4.78 is 0. The van der Waals surface area contributed by atoms with Crippen LogP contribution in [0.4, 0.5) is 5.69 Å². The Kier molecular flexibility index (Phi) is 2.67. The third kappa shape index (κ3) is 1.65. The lowest BCUT2D eigenvalue weighted by Crippen LogP contribution is -2.51. The molecule has 1 aromatic carbocycles. The van der Waals surface area contributed by atoms with Crippen molar-refractivity contribution >= 4 is 11.6 Å². The van der Waals surface area contributed by atoms with Crippen molar-refractivity contribution in [3.05, 3.63) is 29.8 Å². The van der Waals surface area contributed by atoms with E-state index < -0.39 is 0 Å². The fourth-order valence-electron chi connectivity index (χ4n) is 3.34. The number of benzene rings is 1. The molecule has 96 valence electrons. The minimum atomic E-state index is 0.0439. The van der Waals surface area contributed by atoms with Gasteiger partial charge in [-0.05, 0) is 36.3 Å². The number of carbonyl (C=O) groups is 1. The lowest BCUT2D eigenvalue weighted by atomic mass is 9.80. The Balaban J connectivity index is 2.11. The van der Waals surface area contributed by atoms with Gasteiger partial charge in [-0.15, -0.1) is 0 Å². The van der Waals surface area contributed by atoms with Gasteiger partial charge in [0.2, 0.25) is 5.91 Å². The van der Waals surface area contributed by atoms with Crippen molar-refractivity contribution in [2.45, 2.75) is 38.8 Å². The zero-order valence-corrected chi connectivity index (χ0v) is 11.0. The van der Waals surface area contributed by atoms with Gasteiger partial charge in [0.15, 0.2) is 0 Å². The van der Waals surface area contributed by atoms with Gasteiger partial charge in [-0.3, -0.25) is 4.79 Å². The molecule has 2 N–H and O–H groups in total. The summed E-state index contributed by atoms with van der Waals surface area (Å²) in [6.45, 7) is 3.84. The first-order valence-electron chi connectivity index (χ1n) is 6.75. The summed E-state index contributed by atoms with van der Waals surface area (Å²) >= 11 is 0. The van der Waals surface area contributed by atoms with Crippen LogP contribution in [0.2, 0.25) is 0 Å². The number of hydrogen-bond acceptors (Lipinski definition) is 2. The second-order valence-electron chi connectivity index (χ2n) is 5.66. The van der Waals surface area contributed by atoms with Gasteiger partial charge in [-0.1, -0.05) is 25.1 Å². The van der Waals surface area contributed by atoms with Gasteiger partial charge in [0.25, 0.3) is 0 Å². The zero-order chi connectivity index (χ0) is 12.9. The molecule has 0 saturated heterocycles. The van der Waals surface area contributed by atoms with Crippen molar-refractivity contribution in [1.29, 1.82) is 0 Å². The summed E-state index contributed by atoms with van der Waals surface area (Å²) in [7, 11) is 0. The molecule has 3 nitrogen and oxygen atoms in total. The van der Waals surface area contributed by atoms with Crippen LogP contribution in [0.15, 0.2) is 24.3 Å². The summed E-state index contributed by atoms with van der Waals surface area (Å²) in [5, 5.41) is 0. The van der Waals surface area contributed by atoms with Crippen LogP contribution in [0, 0.1) is 11.8 Å². The smallest absolute Gasteiger partial charge is 0.224 e. The number of para-hydroxylation sites is 1. The molecule has 1 saturated carbocycles. The molecule has 0 radical (unpaired) electrons. The predicted octanol–water partition coefficient (Wildman–Crippen LogP) is 2.47. The number of rotatable bonds is 1. The summed E-state index contributed by atoms with van der Waals surface area (Å²) in [6.07, 6.45) is 2.46. The van der Waals surface area contributed by atoms with E-state index in [1.54, 1.807) is 6.92 Å². The molecule has 0 aromatic heterocycles. The maximum atomic E-state index is 12.0. The van der Waals surface area contributed by atoms with Gasteiger partial charge in [-0.2, -0.15) is 0 Å². The number of nitrogens with two attached hydrogens (primary N) is 1. The van der Waals surface area contributed by atoms with E-state index in [9.17, 15) is 4.79 Å². The standard InChI is InChI=1S/C15H20N2O/c1-9-14(16)12-5-3-4-6-13(12)17(10(2)18)15(9)11-7-8-11/h3-6,9,11,14-15H,7-8,16H2,1-2H3/t9-,14-,15+/m0/s1. The molecule has 0 spiro atoms. The quantitative estimate of drug-likeness (QED) is 0.825. The Labute approximate surface area is 108 Å². The molecular formula is C15H20N2O. The molecule has 1 aromatic rings. The minimum absolute atomic E-state index is 0.0439. The second-order valence-corrected chi connectivity index (χ2v) is 5.66. The highest BCUT2D eigenvalue weighted by atomic mass is 16.2. The molecule has 3 atom stereocenters. The largest absolute Gasteiger partial charge is 0.324 e. The predicted molar refractivity (Wildman–Crippen MR) is 72.2 cm³/mol. The number of hydrogen-bond donors (Lipinski definition) is 1. The average Bonchev–Trinajstić information content (AvgIpc) is 3.17. The Bertz CT molecular complexity index is 481. The highest BCUT2D eigenvalue weighted by molar-refractivity contribution is 5.94. The number of amides is 1. The van der Waals surface area contributed by atoms with E-state index in [1.165, 1.54) is 12.8 Å². The maximum absolute atomic E-state index is 12.0. The number of nitrogens with zero attached hydrogens (tertiary/aromatic N) is 1. The zero-order valence-electron chi connectivity index (χ0n) is 11.0. The molecule has 1 fully saturated rings. The molecule has 3 rings (SSSR count). The number of fused-ring (bicyclic) bond motifs is 1. The first-order valence-corrected chi connectivity index (χ1v) is 6.75. The van der Waals surface area contributed by atoms with Crippen LogP contribution in [-0.2, 0) is 4.79 Å². The summed E-state index contributed by atoms with van der Waals surface area (Å²) in [4.78, 5) is 14.0. The van der Waals surface area contributed by atoms with E-state index in [1.807, 2.05) is 23.1 Å². The molecule has 0 bridgehead atoms. The monoisotopic (exact) mass is 244 g/mol. The van der Waals surface area contributed by atoms with Crippen molar-refractivity contribution < 1.29 is 4.79 Å². The van der Waals surface area contributed by atoms with Crippen LogP contribution in [-0.4, -0.2) is 11.9 Å². The third-order valence-corrected chi connectivity index (χ3v) is 4.40. The Morgan fingerprint density at radius 1 is 1.33 bits per heavy atom. The normalized spacial score (nSPS) is 31.1. The Hall–Kier alpha value is -1.35. The van der Waals surface area contributed by atoms with E-state index >= 15 is 0 Å². The van der Waals surface area contributed by atoms with E-state index in [0.717, 1.165) is 11.3 Å². The number of carbonyl (C=O) groups excluding carboxylic acids is 1. The molecule has 1 amide bonds. The fourth-order valence-corrected chi connectivity index (χ4v) is 3.34. The van der Waals surface area contributed by atoms with Crippen molar-refractivity contribution in [2.75, 3.05) is 4.90 Å². The van der Waals surface area contributed by atoms with Crippen LogP contribution in [0.1, 0.15) is 38.3 Å². The number of anilines is 1. The van der Waals surface area contributed by atoms with Gasteiger partial charge >= 0.3 is 0 Å². The van der Waals surface area contributed by atoms with E-state index in [2.05, 4.69) is 13.0 Å². The van der Waals surface area contributed by atoms with Crippen molar-refractivity contribution in [3.63, 3.8) is 0 Å². The molecule has 18 heavy (non-hydrogen) atoms. The van der Waals surface area contributed by atoms with Gasteiger partial charge < -0.3 is 10.6 Å². The summed E-state index contributed by atoms with van der Waals surface area (Å²) in [5.74, 6) is 1.11. The van der Waals surface area contributed by atoms with E-state index in [-0.39, 0.29) is 18.0 Å². The van der Waals surface area contributed by atoms with Gasteiger partial charge in [0, 0.05) is 24.7 Å². The summed E-state index contributed by atoms with van der Waals surface area (Å²) in [5.41, 5.74) is 8.50. The maximum Gasteiger partial charge on any atom is 0.224 e. The lowest BCUT2D eigenvalue weighted by Gasteiger charge is -2.44. The van der Waals surface area contributed by atoms with Crippen molar-refractivity contribution in [3.8, 4) is 0 Å². The topological polar surface area (TPSA) is 46.3 Å².